The Hall–Kier alpha value is 3.10. The molecule has 0 radical (unpaired) electrons. The topological polar surface area (TPSA) is 214 Å². The van der Waals surface area contributed by atoms with Crippen LogP contribution in [0.3, 0.4) is 0 Å². The Morgan fingerprint density at radius 2 is 0.608 bits per heavy atom. The van der Waals surface area contributed by atoms with E-state index >= 15 is 0 Å². The molecular weight excluding hydrogens is 727 g/mol. The summed E-state index contributed by atoms with van der Waals surface area (Å²) >= 11 is 0. The molecule has 0 aliphatic rings. The van der Waals surface area contributed by atoms with Gasteiger partial charge in [-0.15, -0.1) is 0 Å². The van der Waals surface area contributed by atoms with Gasteiger partial charge < -0.3 is 48.9 Å². The fourth-order valence-corrected chi connectivity index (χ4v) is 4.90. The van der Waals surface area contributed by atoms with Gasteiger partial charge in [0.15, 0.2) is 0 Å². The largest absolute Gasteiger partial charge is 1.00 e. The number of aliphatic hydroxyl groups is 2. The van der Waals surface area contributed by atoms with Crippen molar-refractivity contribution in [1.29, 1.82) is 0 Å². The zero-order valence-electron chi connectivity index (χ0n) is 34.1. The van der Waals surface area contributed by atoms with Crippen molar-refractivity contribution in [2.45, 2.75) is 207 Å². The monoisotopic (exact) mass is 804 g/mol. The molecule has 0 saturated heterocycles. The number of phosphoric acid groups is 2. The van der Waals surface area contributed by atoms with Crippen LogP contribution in [0.5, 0.6) is 0 Å². The molecule has 0 aromatic carbocycles. The second kappa shape index (κ2) is 57.4. The van der Waals surface area contributed by atoms with Crippen LogP contribution in [0.25, 0.3) is 0 Å². The van der Waals surface area contributed by atoms with Gasteiger partial charge in [0.25, 0.3) is 7.82 Å². The molecule has 5 N–H and O–H groups in total. The summed E-state index contributed by atoms with van der Waals surface area (Å²) in [4.78, 5) is 47.2. The summed E-state index contributed by atoms with van der Waals surface area (Å²) in [5, 5.41) is 16.0. The third kappa shape index (κ3) is 113. The number of aliphatic hydroxyl groups excluding tert-OH is 2. The van der Waals surface area contributed by atoms with Crippen molar-refractivity contribution in [3.63, 3.8) is 0 Å². The van der Waals surface area contributed by atoms with Crippen molar-refractivity contribution >= 4 is 15.6 Å². The van der Waals surface area contributed by atoms with Gasteiger partial charge >= 0.3 is 88.7 Å². The standard InChI is InChI=1S/C32H66O.C3H8O2.3Na.2H3O4P/c1-3-5-7-9-11-13-15-17-19-21-23-25-27-29-31-33-32-30-28-26-24-22-20-18-16-14-12-10-8-6-4-2;1-3(5)2-4;;;;2*1-5(2,3)4/h3-32H2,1-2H3;3-5H,2H2,1H3;;;;2*(H3,1,2,3,4)/q;;3*+1;;/p-3. The minimum atomic E-state index is -5.14. The van der Waals surface area contributed by atoms with E-state index in [1.54, 1.807) is 0 Å². The van der Waals surface area contributed by atoms with Crippen LogP contribution in [-0.4, -0.2) is 50.8 Å². The number of unbranched alkanes of at least 4 members (excludes halogenated alkanes) is 26. The van der Waals surface area contributed by atoms with Gasteiger partial charge in [-0.3, -0.25) is 4.57 Å². The average molecular weight is 805 g/mol. The van der Waals surface area contributed by atoms with Gasteiger partial charge in [-0.25, -0.2) is 0 Å². The maximum atomic E-state index is 8.77. The van der Waals surface area contributed by atoms with Crippen LogP contribution in [0.15, 0.2) is 0 Å². The maximum Gasteiger partial charge on any atom is 1.00 e. The van der Waals surface area contributed by atoms with E-state index in [9.17, 15) is 0 Å². The summed E-state index contributed by atoms with van der Waals surface area (Å²) in [7, 11) is -10.0. The van der Waals surface area contributed by atoms with E-state index in [0.29, 0.717) is 0 Å². The molecule has 11 nitrogen and oxygen atoms in total. The Bertz CT molecular complexity index is 608. The molecule has 0 aliphatic carbocycles. The summed E-state index contributed by atoms with van der Waals surface area (Å²) in [6.07, 6.45) is 39.5. The minimum absolute atomic E-state index is 0. The minimum Gasteiger partial charge on any atom is -0.790 e. The summed E-state index contributed by atoms with van der Waals surface area (Å²) in [5.74, 6) is 0. The second-order valence-corrected chi connectivity index (χ2v) is 14.7. The summed E-state index contributed by atoms with van der Waals surface area (Å²) in [5.41, 5.74) is 0. The van der Waals surface area contributed by atoms with E-state index in [4.69, 9.17) is 53.4 Å². The first-order valence-corrected chi connectivity index (χ1v) is 22.1. The smallest absolute Gasteiger partial charge is 0.790 e. The van der Waals surface area contributed by atoms with Crippen LogP contribution in [0.2, 0.25) is 0 Å². The predicted octanol–water partition coefficient (Wildman–Crippen LogP) is -1.42. The molecule has 0 bridgehead atoms. The summed E-state index contributed by atoms with van der Waals surface area (Å²) in [6.45, 7) is 7.98. The van der Waals surface area contributed by atoms with E-state index in [1.807, 2.05) is 0 Å². The Kier molecular flexibility index (Phi) is 77.4. The number of rotatable bonds is 31. The molecule has 0 aliphatic heterocycles. The van der Waals surface area contributed by atoms with Crippen LogP contribution in [-0.2, 0) is 13.9 Å². The molecule has 0 rings (SSSR count). The van der Waals surface area contributed by atoms with Crippen molar-refractivity contribution < 1.29 is 142 Å². The molecule has 16 heteroatoms. The second-order valence-electron chi connectivity index (χ2n) is 12.8. The molecular formula is C35H77Na3O11P2. The van der Waals surface area contributed by atoms with Gasteiger partial charge in [0.05, 0.1) is 20.5 Å². The molecule has 0 spiro atoms. The van der Waals surface area contributed by atoms with Gasteiger partial charge in [-0.05, 0) is 19.8 Å². The molecule has 51 heavy (non-hydrogen) atoms. The van der Waals surface area contributed by atoms with Crippen molar-refractivity contribution in [1.82, 2.24) is 0 Å². The van der Waals surface area contributed by atoms with Gasteiger partial charge in [-0.1, -0.05) is 181 Å². The Morgan fingerprint density at radius 1 is 0.471 bits per heavy atom. The molecule has 1 atom stereocenters. The van der Waals surface area contributed by atoms with Crippen molar-refractivity contribution in [2.75, 3.05) is 19.8 Å². The van der Waals surface area contributed by atoms with E-state index in [-0.39, 0.29) is 95.3 Å². The van der Waals surface area contributed by atoms with E-state index in [1.165, 1.54) is 187 Å². The summed E-state index contributed by atoms with van der Waals surface area (Å²) in [6, 6.07) is 0. The fourth-order valence-electron chi connectivity index (χ4n) is 4.90. The molecule has 0 heterocycles. The molecule has 0 aromatic rings. The Balaban J connectivity index is -0.000000179. The molecule has 0 saturated carbocycles. The average Bonchev–Trinajstić information content (AvgIpc) is 2.99. The van der Waals surface area contributed by atoms with Crippen molar-refractivity contribution in [3.05, 3.63) is 0 Å². The van der Waals surface area contributed by atoms with Gasteiger partial charge in [-0.2, -0.15) is 0 Å². The Labute approximate surface area is 380 Å². The molecule has 0 fully saturated rings. The third-order valence-corrected chi connectivity index (χ3v) is 7.55. The fraction of sp³-hybridized carbons (Fsp3) is 1.00. The zero-order chi connectivity index (χ0) is 37.2. The van der Waals surface area contributed by atoms with Gasteiger partial charge in [0, 0.05) is 13.2 Å². The van der Waals surface area contributed by atoms with Crippen molar-refractivity contribution in [3.8, 4) is 0 Å². The van der Waals surface area contributed by atoms with E-state index in [2.05, 4.69) is 13.8 Å². The van der Waals surface area contributed by atoms with Crippen molar-refractivity contribution in [2.24, 2.45) is 0 Å². The number of hydrogen-bond donors (Lipinski definition) is 5. The van der Waals surface area contributed by atoms with E-state index in [0.717, 1.165) is 13.2 Å². The third-order valence-electron chi connectivity index (χ3n) is 7.55. The quantitative estimate of drug-likeness (QED) is 0.0312. The molecule has 0 amide bonds. The predicted molar refractivity (Wildman–Crippen MR) is 192 cm³/mol. The van der Waals surface area contributed by atoms with Gasteiger partial charge in [0.1, 0.15) is 0 Å². The normalized spacial score (nSPS) is 11.2. The first-order valence-electron chi connectivity index (χ1n) is 19.1. The van der Waals surface area contributed by atoms with Crippen LogP contribution in [0.4, 0.5) is 0 Å². The maximum absolute atomic E-state index is 8.77. The van der Waals surface area contributed by atoms with Gasteiger partial charge in [0.2, 0.25) is 0 Å². The molecule has 296 valence electrons. The van der Waals surface area contributed by atoms with Crippen LogP contribution in [0, 0.1) is 0 Å². The Morgan fingerprint density at radius 3 is 0.745 bits per heavy atom. The number of hydrogen-bond acceptors (Lipinski definition) is 8. The van der Waals surface area contributed by atoms with Crippen LogP contribution >= 0.6 is 15.6 Å². The van der Waals surface area contributed by atoms with E-state index < -0.39 is 21.7 Å². The summed E-state index contributed by atoms with van der Waals surface area (Å²) < 4.78 is 23.3. The zero-order valence-corrected chi connectivity index (χ0v) is 41.9. The first-order chi connectivity index (χ1) is 22.7. The molecule has 1 unspecified atom stereocenters. The van der Waals surface area contributed by atoms with Crippen LogP contribution in [0.1, 0.15) is 201 Å². The van der Waals surface area contributed by atoms with Crippen LogP contribution < -0.4 is 103 Å². The number of ether oxygens (including phenoxy) is 1. The molecule has 0 aromatic heterocycles. The first kappa shape index (κ1) is 68.8. The SMILES string of the molecule is CC(O)CO.CCCCCCCCCCCCCCCCOCCCCCCCCCCCCCCCC.O=P([O-])(O)O.O=P([O-])([O-])O.[Na+].[Na+].[Na+].